The highest BCUT2D eigenvalue weighted by molar-refractivity contribution is 7.99. The molecule has 0 saturated heterocycles. The van der Waals surface area contributed by atoms with E-state index in [0.717, 1.165) is 11.3 Å². The average Bonchev–Trinajstić information content (AvgIpc) is 2.25. The Morgan fingerprint density at radius 3 is 2.86 bits per heavy atom. The van der Waals surface area contributed by atoms with Crippen LogP contribution in [0.25, 0.3) is 0 Å². The van der Waals surface area contributed by atoms with Crippen molar-refractivity contribution < 1.29 is 4.74 Å². The van der Waals surface area contributed by atoms with Gasteiger partial charge in [0.25, 0.3) is 0 Å². The summed E-state index contributed by atoms with van der Waals surface area (Å²) in [5.41, 5.74) is 1.15. The molecule has 0 aliphatic rings. The number of rotatable bonds is 4. The van der Waals surface area contributed by atoms with E-state index in [-0.39, 0.29) is 0 Å². The molecular formula is C11H13NOS. The van der Waals surface area contributed by atoms with Gasteiger partial charge in [0.15, 0.2) is 0 Å². The van der Waals surface area contributed by atoms with Gasteiger partial charge in [-0.3, -0.25) is 0 Å². The first kappa shape index (κ1) is 10.9. The normalized spacial score (nSPS) is 11.8. The standard InChI is InChI=1S/C11H13NOS/c1-9(14-8-7-12)10-5-3-4-6-11(10)13-2/h3-6,9H,8H2,1-2H3. The average molecular weight is 207 g/mol. The van der Waals surface area contributed by atoms with Crippen LogP contribution in [0.15, 0.2) is 24.3 Å². The number of hydrogen-bond donors (Lipinski definition) is 0. The van der Waals surface area contributed by atoms with Crippen molar-refractivity contribution in [3.8, 4) is 11.8 Å². The predicted octanol–water partition coefficient (Wildman–Crippen LogP) is 3.01. The smallest absolute Gasteiger partial charge is 0.123 e. The molecule has 0 heterocycles. The van der Waals surface area contributed by atoms with Crippen LogP contribution < -0.4 is 4.74 Å². The molecule has 0 saturated carbocycles. The molecular weight excluding hydrogens is 194 g/mol. The van der Waals surface area contributed by atoms with Crippen LogP contribution in [-0.2, 0) is 0 Å². The van der Waals surface area contributed by atoms with Gasteiger partial charge in [0, 0.05) is 10.8 Å². The van der Waals surface area contributed by atoms with Crippen molar-refractivity contribution in [1.29, 1.82) is 5.26 Å². The zero-order chi connectivity index (χ0) is 10.4. The molecule has 0 amide bonds. The highest BCUT2D eigenvalue weighted by Crippen LogP contribution is 2.33. The van der Waals surface area contributed by atoms with Gasteiger partial charge < -0.3 is 4.74 Å². The molecule has 0 spiro atoms. The minimum atomic E-state index is 0.297. The number of thioether (sulfide) groups is 1. The summed E-state index contributed by atoms with van der Waals surface area (Å²) in [4.78, 5) is 0. The molecule has 74 valence electrons. The Morgan fingerprint density at radius 2 is 2.21 bits per heavy atom. The first-order valence-electron chi connectivity index (χ1n) is 4.41. The van der Waals surface area contributed by atoms with Gasteiger partial charge in [-0.2, -0.15) is 5.26 Å². The molecule has 0 bridgehead atoms. The van der Waals surface area contributed by atoms with E-state index in [1.165, 1.54) is 0 Å². The summed E-state index contributed by atoms with van der Waals surface area (Å²) in [6.07, 6.45) is 0. The van der Waals surface area contributed by atoms with E-state index >= 15 is 0 Å². The summed E-state index contributed by atoms with van der Waals surface area (Å²) in [5.74, 6) is 1.41. The summed E-state index contributed by atoms with van der Waals surface area (Å²) in [5, 5.41) is 8.78. The number of methoxy groups -OCH3 is 1. The lowest BCUT2D eigenvalue weighted by Crippen LogP contribution is -1.94. The van der Waals surface area contributed by atoms with Crippen LogP contribution >= 0.6 is 11.8 Å². The van der Waals surface area contributed by atoms with Crippen LogP contribution in [0.1, 0.15) is 17.7 Å². The van der Waals surface area contributed by atoms with Crippen molar-refractivity contribution in [3.63, 3.8) is 0 Å². The maximum absolute atomic E-state index is 8.49. The summed E-state index contributed by atoms with van der Waals surface area (Å²) in [6, 6.07) is 10.0. The molecule has 0 aromatic heterocycles. The third kappa shape index (κ3) is 2.68. The monoisotopic (exact) mass is 207 g/mol. The Hall–Kier alpha value is -1.14. The lowest BCUT2D eigenvalue weighted by Gasteiger charge is -2.13. The fourth-order valence-corrected chi connectivity index (χ4v) is 1.95. The van der Waals surface area contributed by atoms with Gasteiger partial charge in [-0.05, 0) is 13.0 Å². The summed E-state index contributed by atoms with van der Waals surface area (Å²) in [6.45, 7) is 2.08. The van der Waals surface area contributed by atoms with Crippen LogP contribution in [0.4, 0.5) is 0 Å². The topological polar surface area (TPSA) is 33.0 Å². The van der Waals surface area contributed by atoms with E-state index in [9.17, 15) is 0 Å². The predicted molar refractivity (Wildman–Crippen MR) is 59.5 cm³/mol. The van der Waals surface area contributed by atoms with Gasteiger partial charge in [0.1, 0.15) is 5.75 Å². The number of para-hydroxylation sites is 1. The second kappa shape index (κ2) is 5.56. The molecule has 0 N–H and O–H groups in total. The minimum Gasteiger partial charge on any atom is -0.496 e. The maximum atomic E-state index is 8.49. The lowest BCUT2D eigenvalue weighted by molar-refractivity contribution is 0.410. The van der Waals surface area contributed by atoms with Gasteiger partial charge in [0.2, 0.25) is 0 Å². The van der Waals surface area contributed by atoms with Crippen molar-refractivity contribution in [2.75, 3.05) is 12.9 Å². The van der Waals surface area contributed by atoms with E-state index in [0.29, 0.717) is 11.0 Å². The SMILES string of the molecule is COc1ccccc1C(C)SCC#N. The second-order valence-electron chi connectivity index (χ2n) is 2.85. The molecule has 0 radical (unpaired) electrons. The highest BCUT2D eigenvalue weighted by Gasteiger charge is 2.10. The van der Waals surface area contributed by atoms with Gasteiger partial charge >= 0.3 is 0 Å². The number of ether oxygens (including phenoxy) is 1. The molecule has 0 aliphatic heterocycles. The Morgan fingerprint density at radius 1 is 1.50 bits per heavy atom. The van der Waals surface area contributed by atoms with E-state index in [1.54, 1.807) is 18.9 Å². The van der Waals surface area contributed by atoms with Crippen LogP contribution in [0.5, 0.6) is 5.75 Å². The van der Waals surface area contributed by atoms with E-state index < -0.39 is 0 Å². The Kier molecular flexibility index (Phi) is 4.34. The van der Waals surface area contributed by atoms with Crippen molar-refractivity contribution in [2.24, 2.45) is 0 Å². The number of nitriles is 1. The van der Waals surface area contributed by atoms with Gasteiger partial charge in [-0.1, -0.05) is 18.2 Å². The molecule has 1 atom stereocenters. The highest BCUT2D eigenvalue weighted by atomic mass is 32.2. The van der Waals surface area contributed by atoms with Crippen molar-refractivity contribution in [1.82, 2.24) is 0 Å². The molecule has 0 aliphatic carbocycles. The third-order valence-corrected chi connectivity index (χ3v) is 3.02. The Labute approximate surface area is 88.9 Å². The molecule has 3 heteroatoms. The van der Waals surface area contributed by atoms with E-state index in [4.69, 9.17) is 10.00 Å². The molecule has 1 aromatic carbocycles. The third-order valence-electron chi connectivity index (χ3n) is 1.97. The van der Waals surface area contributed by atoms with E-state index in [2.05, 4.69) is 13.0 Å². The molecule has 2 nitrogen and oxygen atoms in total. The maximum Gasteiger partial charge on any atom is 0.123 e. The first-order valence-corrected chi connectivity index (χ1v) is 5.46. The zero-order valence-corrected chi connectivity index (χ0v) is 9.17. The molecule has 1 aromatic rings. The second-order valence-corrected chi connectivity index (χ2v) is 4.18. The van der Waals surface area contributed by atoms with Crippen LogP contribution in [0.2, 0.25) is 0 Å². The number of benzene rings is 1. The first-order chi connectivity index (χ1) is 6.79. The van der Waals surface area contributed by atoms with Gasteiger partial charge in [0.05, 0.1) is 18.9 Å². The van der Waals surface area contributed by atoms with Crippen LogP contribution in [0.3, 0.4) is 0 Å². The molecule has 1 unspecified atom stereocenters. The summed E-state index contributed by atoms with van der Waals surface area (Å²) < 4.78 is 5.25. The summed E-state index contributed by atoms with van der Waals surface area (Å²) in [7, 11) is 1.67. The molecule has 0 fully saturated rings. The molecule has 14 heavy (non-hydrogen) atoms. The summed E-state index contributed by atoms with van der Waals surface area (Å²) >= 11 is 1.62. The quantitative estimate of drug-likeness (QED) is 0.761. The molecule has 1 rings (SSSR count). The minimum absolute atomic E-state index is 0.297. The van der Waals surface area contributed by atoms with Crippen molar-refractivity contribution >= 4 is 11.8 Å². The Bertz CT molecular complexity index is 332. The van der Waals surface area contributed by atoms with Crippen molar-refractivity contribution in [2.45, 2.75) is 12.2 Å². The van der Waals surface area contributed by atoms with Gasteiger partial charge in [-0.25, -0.2) is 0 Å². The lowest BCUT2D eigenvalue weighted by atomic mass is 10.1. The number of nitrogens with zero attached hydrogens (tertiary/aromatic N) is 1. The largest absolute Gasteiger partial charge is 0.496 e. The van der Waals surface area contributed by atoms with Crippen LogP contribution in [0, 0.1) is 11.3 Å². The number of hydrogen-bond acceptors (Lipinski definition) is 3. The van der Waals surface area contributed by atoms with Crippen molar-refractivity contribution in [3.05, 3.63) is 29.8 Å². The zero-order valence-electron chi connectivity index (χ0n) is 8.36. The van der Waals surface area contributed by atoms with Crippen LogP contribution in [-0.4, -0.2) is 12.9 Å². The Balaban J connectivity index is 2.78. The van der Waals surface area contributed by atoms with Gasteiger partial charge in [-0.15, -0.1) is 11.8 Å². The fourth-order valence-electron chi connectivity index (χ4n) is 1.25. The fraction of sp³-hybridized carbons (Fsp3) is 0.364. The van der Waals surface area contributed by atoms with E-state index in [1.807, 2.05) is 24.3 Å².